The SMILES string of the molecule is CC(CCO)CNC(=O)C(CC(=O)O)NC(=O)OCC1c2ccccc2-c2ccccc21. The summed E-state index contributed by atoms with van der Waals surface area (Å²) in [6.07, 6.45) is -0.912. The van der Waals surface area contributed by atoms with Crippen molar-refractivity contribution in [2.45, 2.75) is 31.7 Å². The first-order valence-corrected chi connectivity index (χ1v) is 10.6. The summed E-state index contributed by atoms with van der Waals surface area (Å²) in [4.78, 5) is 36.0. The maximum absolute atomic E-state index is 12.4. The number of nitrogens with one attached hydrogen (secondary N) is 2. The molecule has 0 bridgehead atoms. The largest absolute Gasteiger partial charge is 0.481 e. The standard InChI is InChI=1S/C24H28N2O6/c1-15(10-11-27)13-25-23(30)21(12-22(28)29)26-24(31)32-14-20-18-8-4-2-6-16(18)17-7-3-5-9-19(17)20/h2-9,15,20-21,27H,10-14H2,1H3,(H,25,30)(H,26,31)(H,28,29). The van der Waals surface area contributed by atoms with Crippen LogP contribution in [0.2, 0.25) is 0 Å². The van der Waals surface area contributed by atoms with Crippen LogP contribution in [-0.2, 0) is 14.3 Å². The van der Waals surface area contributed by atoms with Gasteiger partial charge in [-0.3, -0.25) is 9.59 Å². The van der Waals surface area contributed by atoms with Gasteiger partial charge >= 0.3 is 12.1 Å². The van der Waals surface area contributed by atoms with Crippen molar-refractivity contribution < 1.29 is 29.3 Å². The van der Waals surface area contributed by atoms with Crippen molar-refractivity contribution in [2.24, 2.45) is 5.92 Å². The van der Waals surface area contributed by atoms with Gasteiger partial charge in [-0.25, -0.2) is 4.79 Å². The Morgan fingerprint density at radius 3 is 2.19 bits per heavy atom. The molecule has 0 aromatic heterocycles. The number of rotatable bonds is 10. The summed E-state index contributed by atoms with van der Waals surface area (Å²) in [5, 5.41) is 23.1. The van der Waals surface area contributed by atoms with Gasteiger partial charge in [0.15, 0.2) is 0 Å². The lowest BCUT2D eigenvalue weighted by atomic mass is 9.98. The minimum Gasteiger partial charge on any atom is -0.481 e. The van der Waals surface area contributed by atoms with Crippen molar-refractivity contribution in [3.63, 3.8) is 0 Å². The Hall–Kier alpha value is -3.39. The molecule has 170 valence electrons. The van der Waals surface area contributed by atoms with Crippen LogP contribution >= 0.6 is 0 Å². The number of carboxylic acids is 1. The van der Waals surface area contributed by atoms with Crippen molar-refractivity contribution >= 4 is 18.0 Å². The van der Waals surface area contributed by atoms with E-state index in [1.54, 1.807) is 0 Å². The number of fused-ring (bicyclic) bond motifs is 3. The summed E-state index contributed by atoms with van der Waals surface area (Å²) in [6.45, 7) is 2.17. The molecule has 0 aliphatic heterocycles. The predicted molar refractivity (Wildman–Crippen MR) is 118 cm³/mol. The number of carbonyl (C=O) groups is 3. The molecule has 0 fully saturated rings. The molecule has 2 unspecified atom stereocenters. The average molecular weight is 440 g/mol. The molecule has 32 heavy (non-hydrogen) atoms. The van der Waals surface area contributed by atoms with E-state index in [2.05, 4.69) is 10.6 Å². The van der Waals surface area contributed by atoms with Crippen molar-refractivity contribution in [3.8, 4) is 11.1 Å². The van der Waals surface area contributed by atoms with E-state index in [4.69, 9.17) is 14.9 Å². The zero-order valence-corrected chi connectivity index (χ0v) is 17.9. The highest BCUT2D eigenvalue weighted by Crippen LogP contribution is 2.44. The highest BCUT2D eigenvalue weighted by molar-refractivity contribution is 5.89. The summed E-state index contributed by atoms with van der Waals surface area (Å²) in [6, 6.07) is 14.6. The van der Waals surface area contributed by atoms with Crippen LogP contribution in [0, 0.1) is 5.92 Å². The Labute approximate surface area is 186 Å². The second kappa shape index (κ2) is 10.8. The van der Waals surface area contributed by atoms with Gasteiger partial charge in [0.1, 0.15) is 12.6 Å². The summed E-state index contributed by atoms with van der Waals surface area (Å²) < 4.78 is 5.41. The van der Waals surface area contributed by atoms with E-state index in [1.807, 2.05) is 55.5 Å². The summed E-state index contributed by atoms with van der Waals surface area (Å²) in [5.41, 5.74) is 4.30. The fourth-order valence-electron chi connectivity index (χ4n) is 3.89. The molecular weight excluding hydrogens is 412 g/mol. The number of hydrogen-bond acceptors (Lipinski definition) is 5. The monoisotopic (exact) mass is 440 g/mol. The van der Waals surface area contributed by atoms with E-state index in [9.17, 15) is 14.4 Å². The zero-order chi connectivity index (χ0) is 23.1. The highest BCUT2D eigenvalue weighted by atomic mass is 16.5. The van der Waals surface area contributed by atoms with Crippen molar-refractivity contribution in [1.82, 2.24) is 10.6 Å². The van der Waals surface area contributed by atoms with Crippen LogP contribution in [0.1, 0.15) is 36.8 Å². The van der Waals surface area contributed by atoms with Crippen LogP contribution in [0.3, 0.4) is 0 Å². The third-order valence-electron chi connectivity index (χ3n) is 5.58. The van der Waals surface area contributed by atoms with E-state index < -0.39 is 30.4 Å². The van der Waals surface area contributed by atoms with Gasteiger partial charge in [-0.1, -0.05) is 55.5 Å². The van der Waals surface area contributed by atoms with E-state index in [0.29, 0.717) is 6.42 Å². The molecule has 0 saturated carbocycles. The lowest BCUT2D eigenvalue weighted by Crippen LogP contribution is -2.49. The number of carboxylic acid groups (broad SMARTS) is 1. The van der Waals surface area contributed by atoms with E-state index >= 15 is 0 Å². The van der Waals surface area contributed by atoms with Crippen LogP contribution < -0.4 is 10.6 Å². The first-order chi connectivity index (χ1) is 15.4. The lowest BCUT2D eigenvalue weighted by molar-refractivity contribution is -0.139. The van der Waals surface area contributed by atoms with E-state index in [0.717, 1.165) is 22.3 Å². The van der Waals surface area contributed by atoms with Gasteiger partial charge < -0.3 is 25.6 Å². The molecule has 0 spiro atoms. The average Bonchev–Trinajstić information content (AvgIpc) is 3.09. The molecule has 2 amide bonds. The fraction of sp³-hybridized carbons (Fsp3) is 0.375. The van der Waals surface area contributed by atoms with Crippen molar-refractivity contribution in [3.05, 3.63) is 59.7 Å². The second-order valence-corrected chi connectivity index (χ2v) is 7.98. The van der Waals surface area contributed by atoms with Gasteiger partial charge in [-0.2, -0.15) is 0 Å². The number of benzene rings is 2. The highest BCUT2D eigenvalue weighted by Gasteiger charge is 2.30. The predicted octanol–water partition coefficient (Wildman–Crippen LogP) is 2.50. The van der Waals surface area contributed by atoms with Crippen molar-refractivity contribution in [2.75, 3.05) is 19.8 Å². The van der Waals surface area contributed by atoms with Gasteiger partial charge in [-0.15, -0.1) is 0 Å². The molecule has 2 atom stereocenters. The number of hydrogen-bond donors (Lipinski definition) is 4. The minimum absolute atomic E-state index is 0.00636. The normalized spacial score (nSPS) is 14.1. The number of aliphatic carboxylic acids is 1. The lowest BCUT2D eigenvalue weighted by Gasteiger charge is -2.19. The fourth-order valence-corrected chi connectivity index (χ4v) is 3.89. The third-order valence-corrected chi connectivity index (χ3v) is 5.58. The minimum atomic E-state index is -1.26. The first kappa shape index (κ1) is 23.3. The number of carbonyl (C=O) groups excluding carboxylic acids is 2. The molecule has 1 aliphatic rings. The quantitative estimate of drug-likeness (QED) is 0.450. The Bertz CT molecular complexity index is 931. The molecular formula is C24H28N2O6. The molecule has 1 aliphatic carbocycles. The van der Waals surface area contributed by atoms with Crippen LogP contribution in [0.4, 0.5) is 4.79 Å². The smallest absolute Gasteiger partial charge is 0.407 e. The van der Waals surface area contributed by atoms with Gasteiger partial charge in [0.25, 0.3) is 0 Å². The Kier molecular flexibility index (Phi) is 7.83. The maximum Gasteiger partial charge on any atom is 0.407 e. The second-order valence-electron chi connectivity index (χ2n) is 7.98. The molecule has 0 radical (unpaired) electrons. The zero-order valence-electron chi connectivity index (χ0n) is 17.9. The molecule has 0 saturated heterocycles. The number of alkyl carbamates (subject to hydrolysis) is 1. The molecule has 4 N–H and O–H groups in total. The Morgan fingerprint density at radius 2 is 1.62 bits per heavy atom. The first-order valence-electron chi connectivity index (χ1n) is 10.6. The van der Waals surface area contributed by atoms with Crippen LogP contribution in [-0.4, -0.2) is 54.0 Å². The van der Waals surface area contributed by atoms with Gasteiger partial charge in [0.05, 0.1) is 6.42 Å². The molecule has 8 heteroatoms. The Morgan fingerprint density at radius 1 is 1.03 bits per heavy atom. The topological polar surface area (TPSA) is 125 Å². The Balaban J connectivity index is 1.62. The number of amides is 2. The van der Waals surface area contributed by atoms with Crippen LogP contribution in [0.5, 0.6) is 0 Å². The summed E-state index contributed by atoms with van der Waals surface area (Å²) >= 11 is 0. The van der Waals surface area contributed by atoms with Crippen LogP contribution in [0.25, 0.3) is 11.1 Å². The number of ether oxygens (including phenoxy) is 1. The molecule has 2 aromatic rings. The summed E-state index contributed by atoms with van der Waals surface area (Å²) in [7, 11) is 0. The molecule has 8 nitrogen and oxygen atoms in total. The van der Waals surface area contributed by atoms with E-state index in [-0.39, 0.29) is 31.6 Å². The molecule has 2 aromatic carbocycles. The van der Waals surface area contributed by atoms with Gasteiger partial charge in [0.2, 0.25) is 5.91 Å². The number of aliphatic hydroxyl groups is 1. The van der Waals surface area contributed by atoms with Crippen LogP contribution in [0.15, 0.2) is 48.5 Å². The molecule has 3 rings (SSSR count). The maximum atomic E-state index is 12.4. The van der Waals surface area contributed by atoms with Gasteiger partial charge in [-0.05, 0) is 34.6 Å². The summed E-state index contributed by atoms with van der Waals surface area (Å²) in [5.74, 6) is -1.94. The molecule has 0 heterocycles. The van der Waals surface area contributed by atoms with Crippen molar-refractivity contribution in [1.29, 1.82) is 0 Å². The number of aliphatic hydroxyl groups excluding tert-OH is 1. The van der Waals surface area contributed by atoms with Gasteiger partial charge in [0, 0.05) is 19.1 Å². The van der Waals surface area contributed by atoms with E-state index in [1.165, 1.54) is 0 Å². The third kappa shape index (κ3) is 5.64.